The lowest BCUT2D eigenvalue weighted by atomic mass is 9.76. The number of phenols is 1. The van der Waals surface area contributed by atoms with Gasteiger partial charge in [-0.05, 0) is 67.1 Å². The quantitative estimate of drug-likeness (QED) is 0.820. The molecule has 1 aliphatic rings. The van der Waals surface area contributed by atoms with Crippen LogP contribution in [0.4, 0.5) is 10.1 Å². The fourth-order valence-electron chi connectivity index (χ4n) is 2.75. The van der Waals surface area contributed by atoms with Crippen molar-refractivity contribution in [3.63, 3.8) is 0 Å². The molecule has 0 aliphatic heterocycles. The molecular weight excluding hydrogens is 253 g/mol. The van der Waals surface area contributed by atoms with Gasteiger partial charge in [0.1, 0.15) is 11.6 Å². The van der Waals surface area contributed by atoms with E-state index in [4.69, 9.17) is 0 Å². The van der Waals surface area contributed by atoms with Crippen LogP contribution >= 0.6 is 0 Å². The summed E-state index contributed by atoms with van der Waals surface area (Å²) in [7, 11) is 0. The van der Waals surface area contributed by atoms with Gasteiger partial charge in [0, 0.05) is 11.7 Å². The third-order valence-electron chi connectivity index (χ3n) is 4.03. The lowest BCUT2D eigenvalue weighted by molar-refractivity contribution is 0.373. The molecule has 0 heterocycles. The van der Waals surface area contributed by atoms with E-state index in [2.05, 4.69) is 5.32 Å². The summed E-state index contributed by atoms with van der Waals surface area (Å²) in [5.74, 6) is 0.608. The lowest BCUT2D eigenvalue weighted by Gasteiger charge is -2.37. The summed E-state index contributed by atoms with van der Waals surface area (Å²) < 4.78 is 13.2. The smallest absolute Gasteiger partial charge is 0.123 e. The van der Waals surface area contributed by atoms with Crippen LogP contribution in [0.5, 0.6) is 5.75 Å². The number of phenolic OH excluding ortho intramolecular Hbond substituents is 1. The maximum atomic E-state index is 13.2. The van der Waals surface area contributed by atoms with Gasteiger partial charge in [0.25, 0.3) is 0 Å². The van der Waals surface area contributed by atoms with Crippen molar-refractivity contribution in [2.45, 2.75) is 31.7 Å². The van der Waals surface area contributed by atoms with Gasteiger partial charge in [0.15, 0.2) is 0 Å². The van der Waals surface area contributed by atoms with Crippen LogP contribution in [0.1, 0.15) is 29.9 Å². The zero-order chi connectivity index (χ0) is 14.1. The highest BCUT2D eigenvalue weighted by Gasteiger charge is 2.30. The van der Waals surface area contributed by atoms with E-state index in [1.165, 1.54) is 6.07 Å². The van der Waals surface area contributed by atoms with Crippen molar-refractivity contribution in [2.75, 3.05) is 5.32 Å². The summed E-state index contributed by atoms with van der Waals surface area (Å²) >= 11 is 0. The molecule has 2 aromatic rings. The van der Waals surface area contributed by atoms with Gasteiger partial charge in [-0.2, -0.15) is 0 Å². The van der Waals surface area contributed by atoms with E-state index in [0.29, 0.717) is 17.7 Å². The Labute approximate surface area is 118 Å². The first-order chi connectivity index (χ1) is 9.61. The van der Waals surface area contributed by atoms with Gasteiger partial charge in [-0.3, -0.25) is 0 Å². The number of hydrogen-bond acceptors (Lipinski definition) is 2. The van der Waals surface area contributed by atoms with Gasteiger partial charge in [-0.25, -0.2) is 4.39 Å². The van der Waals surface area contributed by atoms with Gasteiger partial charge < -0.3 is 10.4 Å². The minimum atomic E-state index is -0.159. The molecule has 3 rings (SSSR count). The standard InChI is InChI=1S/C17H18FNO/c1-11-7-15(5-6-17(11)20)19-16-9-13(10-16)12-3-2-4-14(18)8-12/h2-8,13,16,19-20H,9-10H2,1H3. The summed E-state index contributed by atoms with van der Waals surface area (Å²) in [6.07, 6.45) is 2.03. The minimum absolute atomic E-state index is 0.159. The monoisotopic (exact) mass is 271 g/mol. The Morgan fingerprint density at radius 3 is 2.65 bits per heavy atom. The maximum absolute atomic E-state index is 13.2. The predicted molar refractivity (Wildman–Crippen MR) is 78.6 cm³/mol. The molecule has 20 heavy (non-hydrogen) atoms. The fourth-order valence-corrected chi connectivity index (χ4v) is 2.75. The Balaban J connectivity index is 1.59. The number of aryl methyl sites for hydroxylation is 1. The Morgan fingerprint density at radius 2 is 1.95 bits per heavy atom. The molecule has 1 fully saturated rings. The van der Waals surface area contributed by atoms with Gasteiger partial charge in [-0.15, -0.1) is 0 Å². The number of aromatic hydroxyl groups is 1. The molecule has 2 nitrogen and oxygen atoms in total. The van der Waals surface area contributed by atoms with Crippen molar-refractivity contribution in [1.29, 1.82) is 0 Å². The molecule has 0 atom stereocenters. The topological polar surface area (TPSA) is 32.3 Å². The van der Waals surface area contributed by atoms with Crippen LogP contribution in [-0.4, -0.2) is 11.1 Å². The van der Waals surface area contributed by atoms with Crippen LogP contribution in [0.3, 0.4) is 0 Å². The largest absolute Gasteiger partial charge is 0.508 e. The second-order valence-electron chi connectivity index (χ2n) is 5.57. The van der Waals surface area contributed by atoms with Crippen LogP contribution in [-0.2, 0) is 0 Å². The summed E-state index contributed by atoms with van der Waals surface area (Å²) in [5.41, 5.74) is 2.99. The summed E-state index contributed by atoms with van der Waals surface area (Å²) in [4.78, 5) is 0. The van der Waals surface area contributed by atoms with E-state index < -0.39 is 0 Å². The van der Waals surface area contributed by atoms with Crippen molar-refractivity contribution in [3.8, 4) is 5.75 Å². The highest BCUT2D eigenvalue weighted by Crippen LogP contribution is 2.38. The summed E-state index contributed by atoms with van der Waals surface area (Å²) in [5, 5.41) is 13.0. The van der Waals surface area contributed by atoms with E-state index in [-0.39, 0.29) is 5.82 Å². The first-order valence-corrected chi connectivity index (χ1v) is 6.93. The van der Waals surface area contributed by atoms with Crippen LogP contribution in [0.15, 0.2) is 42.5 Å². The van der Waals surface area contributed by atoms with Crippen molar-refractivity contribution < 1.29 is 9.50 Å². The lowest BCUT2D eigenvalue weighted by Crippen LogP contribution is -2.34. The number of nitrogens with one attached hydrogen (secondary N) is 1. The molecule has 0 radical (unpaired) electrons. The van der Waals surface area contributed by atoms with E-state index in [1.807, 2.05) is 25.1 Å². The average molecular weight is 271 g/mol. The molecule has 0 unspecified atom stereocenters. The molecule has 0 amide bonds. The van der Waals surface area contributed by atoms with Crippen LogP contribution in [0.25, 0.3) is 0 Å². The van der Waals surface area contributed by atoms with Gasteiger partial charge in [0.2, 0.25) is 0 Å². The summed E-state index contributed by atoms with van der Waals surface area (Å²) in [6.45, 7) is 1.89. The van der Waals surface area contributed by atoms with E-state index in [1.54, 1.807) is 18.2 Å². The third-order valence-corrected chi connectivity index (χ3v) is 4.03. The molecule has 0 aromatic heterocycles. The zero-order valence-corrected chi connectivity index (χ0v) is 11.4. The minimum Gasteiger partial charge on any atom is -0.508 e. The fraction of sp³-hybridized carbons (Fsp3) is 0.294. The third kappa shape index (κ3) is 2.62. The molecule has 0 spiro atoms. The van der Waals surface area contributed by atoms with Gasteiger partial charge >= 0.3 is 0 Å². The second kappa shape index (κ2) is 5.16. The molecular formula is C17H18FNO. The molecule has 1 saturated carbocycles. The van der Waals surface area contributed by atoms with Crippen LogP contribution < -0.4 is 5.32 Å². The maximum Gasteiger partial charge on any atom is 0.123 e. The average Bonchev–Trinajstić information content (AvgIpc) is 2.37. The Hall–Kier alpha value is -2.03. The number of hydrogen-bond donors (Lipinski definition) is 2. The molecule has 0 bridgehead atoms. The van der Waals surface area contributed by atoms with Crippen LogP contribution in [0, 0.1) is 12.7 Å². The Kier molecular flexibility index (Phi) is 3.35. The van der Waals surface area contributed by atoms with Crippen molar-refractivity contribution in [3.05, 3.63) is 59.4 Å². The predicted octanol–water partition coefficient (Wildman–Crippen LogP) is 4.20. The van der Waals surface area contributed by atoms with Gasteiger partial charge in [0.05, 0.1) is 0 Å². The summed E-state index contributed by atoms with van der Waals surface area (Å²) in [6, 6.07) is 12.8. The van der Waals surface area contributed by atoms with Crippen molar-refractivity contribution >= 4 is 5.69 Å². The SMILES string of the molecule is Cc1cc(NC2CC(c3cccc(F)c3)C2)ccc1O. The molecule has 2 aromatic carbocycles. The number of halogens is 1. The molecule has 2 N–H and O–H groups in total. The van der Waals surface area contributed by atoms with Crippen molar-refractivity contribution in [2.24, 2.45) is 0 Å². The molecule has 1 aliphatic carbocycles. The molecule has 3 heteroatoms. The zero-order valence-electron chi connectivity index (χ0n) is 11.4. The van der Waals surface area contributed by atoms with Gasteiger partial charge in [-0.1, -0.05) is 12.1 Å². The first-order valence-electron chi connectivity index (χ1n) is 6.93. The highest BCUT2D eigenvalue weighted by atomic mass is 19.1. The van der Waals surface area contributed by atoms with E-state index in [0.717, 1.165) is 29.7 Å². The van der Waals surface area contributed by atoms with Crippen molar-refractivity contribution in [1.82, 2.24) is 0 Å². The van der Waals surface area contributed by atoms with Crippen LogP contribution in [0.2, 0.25) is 0 Å². The second-order valence-corrected chi connectivity index (χ2v) is 5.57. The highest BCUT2D eigenvalue weighted by molar-refractivity contribution is 5.51. The first kappa shape index (κ1) is 13.0. The molecule has 0 saturated heterocycles. The molecule has 104 valence electrons. The Bertz CT molecular complexity index is 620. The van der Waals surface area contributed by atoms with E-state index >= 15 is 0 Å². The Morgan fingerprint density at radius 1 is 1.15 bits per heavy atom. The number of rotatable bonds is 3. The number of benzene rings is 2. The number of anilines is 1. The van der Waals surface area contributed by atoms with E-state index in [9.17, 15) is 9.50 Å². The normalized spacial score (nSPS) is 21.3.